The smallest absolute Gasteiger partial charge is 0.338 e. The normalized spacial score (nSPS) is 22.3. The molecule has 0 bridgehead atoms. The van der Waals surface area contributed by atoms with E-state index in [4.69, 9.17) is 0 Å². The lowest BCUT2D eigenvalue weighted by molar-refractivity contribution is -0.143. The minimum absolute atomic E-state index is 0.0680. The van der Waals surface area contributed by atoms with Crippen molar-refractivity contribution in [1.82, 2.24) is 20.2 Å². The van der Waals surface area contributed by atoms with E-state index in [1.807, 2.05) is 19.0 Å². The zero-order chi connectivity index (χ0) is 23.9. The fraction of sp³-hybridized carbons (Fsp3) is 0.500. The molecule has 1 N–H and O–H groups in total. The van der Waals surface area contributed by atoms with Crippen molar-refractivity contribution in [2.45, 2.75) is 24.9 Å². The molecule has 1 atom stereocenters. The third-order valence-electron chi connectivity index (χ3n) is 5.21. The summed E-state index contributed by atoms with van der Waals surface area (Å²) in [5.41, 5.74) is -2.02. The van der Waals surface area contributed by atoms with E-state index in [9.17, 15) is 31.1 Å². The van der Waals surface area contributed by atoms with Crippen LogP contribution in [0.4, 0.5) is 26.3 Å². The fourth-order valence-corrected chi connectivity index (χ4v) is 3.57. The van der Waals surface area contributed by atoms with Crippen LogP contribution in [0.15, 0.2) is 35.5 Å². The maximum absolute atomic E-state index is 13.2. The Hall–Kier alpha value is -2.60. The zero-order valence-corrected chi connectivity index (χ0v) is 17.6. The summed E-state index contributed by atoms with van der Waals surface area (Å²) in [5.74, 6) is 0.142. The van der Waals surface area contributed by atoms with Gasteiger partial charge < -0.3 is 9.80 Å². The molecule has 1 aromatic carbocycles. The summed E-state index contributed by atoms with van der Waals surface area (Å²) in [7, 11) is 3.89. The third-order valence-corrected chi connectivity index (χ3v) is 5.21. The molecule has 176 valence electrons. The van der Waals surface area contributed by atoms with Gasteiger partial charge >= 0.3 is 12.4 Å². The van der Waals surface area contributed by atoms with Gasteiger partial charge in [0.25, 0.3) is 0 Å². The van der Waals surface area contributed by atoms with E-state index in [-0.39, 0.29) is 17.5 Å². The van der Waals surface area contributed by atoms with E-state index in [2.05, 4.69) is 10.4 Å². The summed E-state index contributed by atoms with van der Waals surface area (Å²) in [4.78, 5) is 19.9. The summed E-state index contributed by atoms with van der Waals surface area (Å²) in [6.45, 7) is 3.44. The van der Waals surface area contributed by atoms with Crippen molar-refractivity contribution >= 4 is 12.2 Å². The van der Waals surface area contributed by atoms with E-state index in [1.165, 1.54) is 30.5 Å². The summed E-state index contributed by atoms with van der Waals surface area (Å²) >= 11 is 0. The van der Waals surface area contributed by atoms with E-state index < -0.39 is 29.1 Å². The van der Waals surface area contributed by atoms with Crippen molar-refractivity contribution < 1.29 is 31.1 Å². The van der Waals surface area contributed by atoms with Gasteiger partial charge in [-0.2, -0.15) is 31.8 Å². The second kappa shape index (κ2) is 8.39. The number of hydrazine groups is 1. The van der Waals surface area contributed by atoms with Crippen LogP contribution in [-0.2, 0) is 22.8 Å². The molecule has 1 saturated heterocycles. The summed E-state index contributed by atoms with van der Waals surface area (Å²) in [6.07, 6.45) is -6.12. The Morgan fingerprint density at radius 3 is 2.22 bits per heavy atom. The number of hydrogen-bond donors (Lipinski definition) is 1. The van der Waals surface area contributed by atoms with Gasteiger partial charge in [-0.25, -0.2) is 4.99 Å². The second-order valence-electron chi connectivity index (χ2n) is 8.32. The number of alkyl halides is 6. The Labute approximate surface area is 181 Å². The molecule has 2 heterocycles. The molecular formula is C20H23F6N5O. The van der Waals surface area contributed by atoms with Crippen LogP contribution in [-0.4, -0.2) is 60.8 Å². The standard InChI is InChI=1S/C20H23F6N5O/c1-18(14-6-15(19(21,22)23)8-16(7-14)20(24,25)26)27-12-31(28-18)5-4-17(32)30-10-13(11-30)9-29(2)3/h4-8,12-13,28H,9-11H2,1-3H3/b5-4-. The van der Waals surface area contributed by atoms with Gasteiger partial charge in [0.15, 0.2) is 5.66 Å². The van der Waals surface area contributed by atoms with Crippen LogP contribution in [0, 0.1) is 5.92 Å². The van der Waals surface area contributed by atoms with Crippen molar-refractivity contribution in [2.24, 2.45) is 10.9 Å². The number of nitrogens with one attached hydrogen (secondary N) is 1. The van der Waals surface area contributed by atoms with Crippen LogP contribution < -0.4 is 5.43 Å². The Bertz CT molecular complexity index is 888. The quantitative estimate of drug-likeness (QED) is 0.538. The lowest BCUT2D eigenvalue weighted by Gasteiger charge is -2.40. The van der Waals surface area contributed by atoms with Crippen LogP contribution in [0.25, 0.3) is 0 Å². The molecule has 0 spiro atoms. The first-order valence-corrected chi connectivity index (χ1v) is 9.71. The summed E-state index contributed by atoms with van der Waals surface area (Å²) in [5, 5.41) is 1.22. The van der Waals surface area contributed by atoms with E-state index in [0.29, 0.717) is 31.1 Å². The minimum Gasteiger partial charge on any atom is -0.338 e. The number of benzene rings is 1. The van der Waals surface area contributed by atoms with E-state index >= 15 is 0 Å². The van der Waals surface area contributed by atoms with Gasteiger partial charge in [-0.05, 0) is 44.8 Å². The number of amides is 1. The van der Waals surface area contributed by atoms with Crippen molar-refractivity contribution in [3.05, 3.63) is 47.2 Å². The topological polar surface area (TPSA) is 51.2 Å². The van der Waals surface area contributed by atoms with Crippen molar-refractivity contribution in [2.75, 3.05) is 33.7 Å². The highest BCUT2D eigenvalue weighted by Gasteiger charge is 2.40. The number of aliphatic imine (C=N–C) groups is 1. The first-order valence-electron chi connectivity index (χ1n) is 9.71. The van der Waals surface area contributed by atoms with Gasteiger partial charge in [0.1, 0.15) is 6.34 Å². The molecule has 1 aromatic rings. The minimum atomic E-state index is -4.96. The average molecular weight is 463 g/mol. The second-order valence-corrected chi connectivity index (χ2v) is 8.32. The number of rotatable bonds is 5. The van der Waals surface area contributed by atoms with Gasteiger partial charge in [0.05, 0.1) is 11.1 Å². The SMILES string of the molecule is CN(C)CC1CN(C(=O)/C=C\N2C=NC(C)(c3cc(C(F)(F)F)cc(C(F)(F)F)c3)N2)C1. The average Bonchev–Trinajstić information content (AvgIpc) is 3.03. The monoisotopic (exact) mass is 463 g/mol. The van der Waals surface area contributed by atoms with Gasteiger partial charge in [0.2, 0.25) is 5.91 Å². The van der Waals surface area contributed by atoms with Gasteiger partial charge in [-0.15, -0.1) is 0 Å². The predicted molar refractivity (Wildman–Crippen MR) is 105 cm³/mol. The third kappa shape index (κ3) is 5.41. The molecular weight excluding hydrogens is 440 g/mol. The first kappa shape index (κ1) is 24.1. The molecule has 3 rings (SSSR count). The molecule has 0 aliphatic carbocycles. The lowest BCUT2D eigenvalue weighted by Crippen LogP contribution is -2.52. The molecule has 1 amide bonds. The van der Waals surface area contributed by atoms with Crippen LogP contribution in [0.5, 0.6) is 0 Å². The molecule has 1 fully saturated rings. The van der Waals surface area contributed by atoms with E-state index in [1.54, 1.807) is 4.90 Å². The number of likely N-dealkylation sites (tertiary alicyclic amines) is 1. The highest BCUT2D eigenvalue weighted by molar-refractivity contribution is 5.88. The van der Waals surface area contributed by atoms with Gasteiger partial charge in [-0.3, -0.25) is 9.80 Å². The maximum Gasteiger partial charge on any atom is 0.416 e. The Morgan fingerprint density at radius 1 is 1.16 bits per heavy atom. The summed E-state index contributed by atoms with van der Waals surface area (Å²) in [6, 6.07) is 1.32. The maximum atomic E-state index is 13.2. The molecule has 0 aromatic heterocycles. The molecule has 6 nitrogen and oxygen atoms in total. The number of carbonyl (C=O) groups is 1. The van der Waals surface area contributed by atoms with Crippen LogP contribution in [0.3, 0.4) is 0 Å². The summed E-state index contributed by atoms with van der Waals surface area (Å²) < 4.78 is 78.9. The molecule has 0 saturated carbocycles. The van der Waals surface area contributed by atoms with Crippen molar-refractivity contribution in [3.63, 3.8) is 0 Å². The van der Waals surface area contributed by atoms with E-state index in [0.717, 1.165) is 6.54 Å². The Balaban J connectivity index is 1.71. The lowest BCUT2D eigenvalue weighted by atomic mass is 9.96. The number of hydrogen-bond acceptors (Lipinski definition) is 5. The highest BCUT2D eigenvalue weighted by Crippen LogP contribution is 2.39. The molecule has 2 aliphatic rings. The van der Waals surface area contributed by atoms with Crippen molar-refractivity contribution in [1.29, 1.82) is 0 Å². The fourth-order valence-electron chi connectivity index (χ4n) is 3.57. The van der Waals surface area contributed by atoms with Crippen LogP contribution >= 0.6 is 0 Å². The zero-order valence-electron chi connectivity index (χ0n) is 17.6. The largest absolute Gasteiger partial charge is 0.416 e. The predicted octanol–water partition coefficient (Wildman–Crippen LogP) is 3.28. The van der Waals surface area contributed by atoms with Crippen LogP contribution in [0.2, 0.25) is 0 Å². The molecule has 12 heteroatoms. The Kier molecular flexibility index (Phi) is 6.31. The molecule has 32 heavy (non-hydrogen) atoms. The van der Waals surface area contributed by atoms with Crippen LogP contribution in [0.1, 0.15) is 23.6 Å². The van der Waals surface area contributed by atoms with Gasteiger partial charge in [0, 0.05) is 37.8 Å². The molecule has 2 aliphatic heterocycles. The number of halogens is 6. The Morgan fingerprint density at radius 2 is 1.72 bits per heavy atom. The number of carbonyl (C=O) groups excluding carboxylic acids is 1. The highest BCUT2D eigenvalue weighted by atomic mass is 19.4. The van der Waals surface area contributed by atoms with Gasteiger partial charge in [-0.1, -0.05) is 0 Å². The first-order chi connectivity index (χ1) is 14.7. The molecule has 1 unspecified atom stereocenters. The number of nitrogens with zero attached hydrogens (tertiary/aromatic N) is 4. The van der Waals surface area contributed by atoms with Crippen molar-refractivity contribution in [3.8, 4) is 0 Å². The molecule has 0 radical (unpaired) electrons.